The topological polar surface area (TPSA) is 33.2 Å². The first-order valence-corrected chi connectivity index (χ1v) is 6.68. The van der Waals surface area contributed by atoms with Gasteiger partial charge in [-0.2, -0.15) is 0 Å². The molecule has 3 nitrogen and oxygen atoms in total. The van der Waals surface area contributed by atoms with Crippen LogP contribution in [-0.4, -0.2) is 28.8 Å². The first kappa shape index (κ1) is 11.7. The molecule has 1 saturated heterocycles. The molecule has 4 heteroatoms. The zero-order valence-corrected chi connectivity index (χ0v) is 10.7. The highest BCUT2D eigenvalue weighted by molar-refractivity contribution is 7.11. The predicted octanol–water partition coefficient (Wildman–Crippen LogP) is 2.43. The lowest BCUT2D eigenvalue weighted by atomic mass is 10.2. The lowest BCUT2D eigenvalue weighted by Gasteiger charge is -2.26. The minimum absolute atomic E-state index is 0.477. The molecule has 0 amide bonds. The fourth-order valence-corrected chi connectivity index (χ4v) is 3.35. The molecule has 1 aromatic rings. The third-order valence-corrected chi connectivity index (χ3v) is 4.22. The Labute approximate surface area is 100 Å². The van der Waals surface area contributed by atoms with E-state index in [-0.39, 0.29) is 0 Å². The summed E-state index contributed by atoms with van der Waals surface area (Å²) in [5.41, 5.74) is 0. The molecule has 0 N–H and O–H groups in total. The highest BCUT2D eigenvalue weighted by atomic mass is 32.1. The Balaban J connectivity index is 2.12. The lowest BCUT2D eigenvalue weighted by Crippen LogP contribution is -2.30. The molecule has 2 heterocycles. The maximum atomic E-state index is 10.4. The molecular formula is C12H18N2OS. The van der Waals surface area contributed by atoms with E-state index >= 15 is 0 Å². The highest BCUT2D eigenvalue weighted by Crippen LogP contribution is 2.35. The quantitative estimate of drug-likeness (QED) is 0.755. The van der Waals surface area contributed by atoms with Gasteiger partial charge in [0.1, 0.15) is 11.3 Å². The average molecular weight is 238 g/mol. The molecule has 0 radical (unpaired) electrons. The van der Waals surface area contributed by atoms with Crippen LogP contribution in [0.3, 0.4) is 0 Å². The molecule has 1 unspecified atom stereocenters. The van der Waals surface area contributed by atoms with E-state index in [0.717, 1.165) is 11.2 Å². The van der Waals surface area contributed by atoms with Gasteiger partial charge in [0.25, 0.3) is 0 Å². The van der Waals surface area contributed by atoms with Crippen molar-refractivity contribution < 1.29 is 4.79 Å². The fraction of sp³-hybridized carbons (Fsp3) is 0.667. The first-order valence-electron chi connectivity index (χ1n) is 5.86. The van der Waals surface area contributed by atoms with Crippen molar-refractivity contribution in [3.8, 4) is 0 Å². The molecule has 0 saturated carbocycles. The van der Waals surface area contributed by atoms with Gasteiger partial charge in [-0.3, -0.25) is 4.90 Å². The number of carbonyl (C=O) groups excluding carboxylic acids is 1. The van der Waals surface area contributed by atoms with Gasteiger partial charge in [0.05, 0.1) is 6.04 Å². The molecular weight excluding hydrogens is 220 g/mol. The van der Waals surface area contributed by atoms with Crippen LogP contribution in [-0.2, 0) is 11.2 Å². The number of hydrogen-bond acceptors (Lipinski definition) is 4. The van der Waals surface area contributed by atoms with Crippen LogP contribution in [0.4, 0.5) is 0 Å². The van der Waals surface area contributed by atoms with Gasteiger partial charge in [-0.25, -0.2) is 4.98 Å². The second-order valence-electron chi connectivity index (χ2n) is 4.53. The predicted molar refractivity (Wildman–Crippen MR) is 65.7 cm³/mol. The number of aldehydes is 1. The molecule has 0 aliphatic carbocycles. The Morgan fingerprint density at radius 1 is 1.69 bits per heavy atom. The van der Waals surface area contributed by atoms with Crippen LogP contribution in [0.2, 0.25) is 0 Å². The number of nitrogens with zero attached hydrogens (tertiary/aromatic N) is 2. The summed E-state index contributed by atoms with van der Waals surface area (Å²) in [4.78, 5) is 18.5. The van der Waals surface area contributed by atoms with Crippen molar-refractivity contribution in [2.45, 2.75) is 45.2 Å². The maximum Gasteiger partial charge on any atom is 0.125 e. The van der Waals surface area contributed by atoms with Crippen LogP contribution >= 0.6 is 11.3 Å². The number of carbonyl (C=O) groups is 1. The summed E-state index contributed by atoms with van der Waals surface area (Å²) >= 11 is 1.69. The van der Waals surface area contributed by atoms with Gasteiger partial charge in [-0.15, -0.1) is 11.3 Å². The number of hydrogen-bond donors (Lipinski definition) is 0. The van der Waals surface area contributed by atoms with Gasteiger partial charge >= 0.3 is 0 Å². The summed E-state index contributed by atoms with van der Waals surface area (Å²) in [6, 6.07) is 1.05. The summed E-state index contributed by atoms with van der Waals surface area (Å²) in [6.45, 7) is 5.64. The van der Waals surface area contributed by atoms with Crippen LogP contribution < -0.4 is 0 Å². The molecule has 1 atom stereocenters. The highest BCUT2D eigenvalue weighted by Gasteiger charge is 2.29. The van der Waals surface area contributed by atoms with E-state index in [0.29, 0.717) is 18.5 Å². The molecule has 88 valence electrons. The molecule has 1 aliphatic rings. The zero-order chi connectivity index (χ0) is 11.5. The van der Waals surface area contributed by atoms with Gasteiger partial charge in [-0.1, -0.05) is 0 Å². The third-order valence-electron chi connectivity index (χ3n) is 3.10. The maximum absolute atomic E-state index is 10.4. The lowest BCUT2D eigenvalue weighted by molar-refractivity contribution is -0.107. The van der Waals surface area contributed by atoms with E-state index in [1.807, 2.05) is 6.20 Å². The van der Waals surface area contributed by atoms with E-state index < -0.39 is 0 Å². The largest absolute Gasteiger partial charge is 0.303 e. The van der Waals surface area contributed by atoms with Crippen LogP contribution in [0, 0.1) is 0 Å². The number of aromatic nitrogens is 1. The molecule has 16 heavy (non-hydrogen) atoms. The SMILES string of the molecule is CC(C)N1CCCC1c1ncc(CC=O)s1. The Morgan fingerprint density at radius 3 is 3.19 bits per heavy atom. The Kier molecular flexibility index (Phi) is 3.71. The Hall–Kier alpha value is -0.740. The van der Waals surface area contributed by atoms with Crippen molar-refractivity contribution in [1.82, 2.24) is 9.88 Å². The van der Waals surface area contributed by atoms with Gasteiger partial charge in [0, 0.05) is 23.5 Å². The van der Waals surface area contributed by atoms with Gasteiger partial charge in [0.2, 0.25) is 0 Å². The average Bonchev–Trinajstić information content (AvgIpc) is 2.83. The number of thiazole rings is 1. The Bertz CT molecular complexity index is 362. The van der Waals surface area contributed by atoms with Crippen LogP contribution in [0.15, 0.2) is 6.20 Å². The van der Waals surface area contributed by atoms with Crippen molar-refractivity contribution in [2.24, 2.45) is 0 Å². The summed E-state index contributed by atoms with van der Waals surface area (Å²) < 4.78 is 0. The minimum atomic E-state index is 0.477. The molecule has 1 fully saturated rings. The van der Waals surface area contributed by atoms with Crippen molar-refractivity contribution in [3.63, 3.8) is 0 Å². The fourth-order valence-electron chi connectivity index (χ4n) is 2.33. The van der Waals surface area contributed by atoms with Crippen molar-refractivity contribution in [1.29, 1.82) is 0 Å². The van der Waals surface area contributed by atoms with Gasteiger partial charge in [-0.05, 0) is 33.2 Å². The van der Waals surface area contributed by atoms with Crippen molar-refractivity contribution >= 4 is 17.6 Å². The first-order chi connectivity index (χ1) is 7.72. The molecule has 0 spiro atoms. The summed E-state index contributed by atoms with van der Waals surface area (Å²) in [7, 11) is 0. The van der Waals surface area contributed by atoms with E-state index in [1.165, 1.54) is 24.4 Å². The molecule has 0 aromatic carbocycles. The van der Waals surface area contributed by atoms with Crippen LogP contribution in [0.5, 0.6) is 0 Å². The van der Waals surface area contributed by atoms with Gasteiger partial charge < -0.3 is 4.79 Å². The van der Waals surface area contributed by atoms with E-state index in [4.69, 9.17) is 0 Å². The molecule has 0 bridgehead atoms. The van der Waals surface area contributed by atoms with Crippen molar-refractivity contribution in [2.75, 3.05) is 6.54 Å². The van der Waals surface area contributed by atoms with E-state index in [9.17, 15) is 4.79 Å². The summed E-state index contributed by atoms with van der Waals surface area (Å²) in [5.74, 6) is 0. The third kappa shape index (κ3) is 2.33. The van der Waals surface area contributed by atoms with Crippen LogP contribution in [0.25, 0.3) is 0 Å². The van der Waals surface area contributed by atoms with Crippen molar-refractivity contribution in [3.05, 3.63) is 16.1 Å². The second kappa shape index (κ2) is 5.06. The van der Waals surface area contributed by atoms with E-state index in [1.54, 1.807) is 11.3 Å². The zero-order valence-electron chi connectivity index (χ0n) is 9.85. The minimum Gasteiger partial charge on any atom is -0.303 e. The van der Waals surface area contributed by atoms with Gasteiger partial charge in [0.15, 0.2) is 0 Å². The van der Waals surface area contributed by atoms with E-state index in [2.05, 4.69) is 23.7 Å². The normalized spacial score (nSPS) is 21.8. The smallest absolute Gasteiger partial charge is 0.125 e. The monoisotopic (exact) mass is 238 g/mol. The molecule has 1 aromatic heterocycles. The Morgan fingerprint density at radius 2 is 2.50 bits per heavy atom. The number of likely N-dealkylation sites (tertiary alicyclic amines) is 1. The number of rotatable bonds is 4. The second-order valence-corrected chi connectivity index (χ2v) is 5.67. The summed E-state index contributed by atoms with van der Waals surface area (Å²) in [5, 5.41) is 1.18. The molecule has 2 rings (SSSR count). The summed E-state index contributed by atoms with van der Waals surface area (Å²) in [6.07, 6.45) is 5.76. The molecule has 1 aliphatic heterocycles. The van der Waals surface area contributed by atoms with Crippen LogP contribution in [0.1, 0.15) is 42.6 Å². The standard InChI is InChI=1S/C12H18N2OS/c1-9(2)14-6-3-4-11(14)12-13-8-10(16-12)5-7-15/h7-9,11H,3-6H2,1-2H3.